The second-order valence-electron chi connectivity index (χ2n) is 3.29. The summed E-state index contributed by atoms with van der Waals surface area (Å²) in [6, 6.07) is 3.50. The minimum Gasteiger partial charge on any atom is -0.311 e. The third kappa shape index (κ3) is 1.82. The van der Waals surface area contributed by atoms with Gasteiger partial charge < -0.3 is 4.90 Å². The SMILES string of the molecule is O=C(CCl)N1CCc2c1ccc(Cl)c2Cl. The van der Waals surface area contributed by atoms with Gasteiger partial charge in [0.1, 0.15) is 5.88 Å². The highest BCUT2D eigenvalue weighted by Crippen LogP contribution is 2.37. The number of rotatable bonds is 1. The van der Waals surface area contributed by atoms with Crippen LogP contribution in [0.4, 0.5) is 5.69 Å². The van der Waals surface area contributed by atoms with Crippen molar-refractivity contribution >= 4 is 46.4 Å². The van der Waals surface area contributed by atoms with Crippen LogP contribution in [0.1, 0.15) is 5.56 Å². The molecule has 0 aliphatic carbocycles. The van der Waals surface area contributed by atoms with Gasteiger partial charge in [0.25, 0.3) is 0 Å². The first-order chi connectivity index (χ1) is 7.15. The van der Waals surface area contributed by atoms with Crippen LogP contribution in [0, 0.1) is 0 Å². The minimum absolute atomic E-state index is 0.0142. The molecule has 1 amide bonds. The van der Waals surface area contributed by atoms with Crippen LogP contribution >= 0.6 is 34.8 Å². The van der Waals surface area contributed by atoms with Gasteiger partial charge in [-0.2, -0.15) is 0 Å². The van der Waals surface area contributed by atoms with Crippen molar-refractivity contribution in [2.75, 3.05) is 17.3 Å². The van der Waals surface area contributed by atoms with E-state index >= 15 is 0 Å². The molecule has 0 bridgehead atoms. The number of anilines is 1. The fourth-order valence-corrected chi connectivity index (χ4v) is 2.32. The van der Waals surface area contributed by atoms with Gasteiger partial charge in [-0.25, -0.2) is 0 Å². The van der Waals surface area contributed by atoms with E-state index < -0.39 is 0 Å². The number of halogens is 3. The summed E-state index contributed by atoms with van der Waals surface area (Å²) in [6.07, 6.45) is 0.733. The molecule has 0 atom stereocenters. The first-order valence-electron chi connectivity index (χ1n) is 4.48. The zero-order chi connectivity index (χ0) is 11.0. The third-order valence-corrected chi connectivity index (χ3v) is 3.53. The lowest BCUT2D eigenvalue weighted by molar-refractivity contribution is -0.116. The first-order valence-corrected chi connectivity index (χ1v) is 5.77. The largest absolute Gasteiger partial charge is 0.311 e. The van der Waals surface area contributed by atoms with Crippen molar-refractivity contribution in [3.63, 3.8) is 0 Å². The monoisotopic (exact) mass is 263 g/mol. The molecule has 15 heavy (non-hydrogen) atoms. The van der Waals surface area contributed by atoms with Gasteiger partial charge in [-0.15, -0.1) is 11.6 Å². The molecule has 5 heteroatoms. The molecule has 1 aliphatic heterocycles. The fourth-order valence-electron chi connectivity index (χ4n) is 1.75. The van der Waals surface area contributed by atoms with E-state index in [1.807, 2.05) is 0 Å². The third-order valence-electron chi connectivity index (χ3n) is 2.46. The Morgan fingerprint density at radius 3 is 2.80 bits per heavy atom. The van der Waals surface area contributed by atoms with Crippen molar-refractivity contribution in [1.29, 1.82) is 0 Å². The van der Waals surface area contributed by atoms with Crippen LogP contribution in [0.15, 0.2) is 12.1 Å². The van der Waals surface area contributed by atoms with Gasteiger partial charge in [0.05, 0.1) is 10.0 Å². The topological polar surface area (TPSA) is 20.3 Å². The Morgan fingerprint density at radius 1 is 1.40 bits per heavy atom. The van der Waals surface area contributed by atoms with Crippen LogP contribution < -0.4 is 4.90 Å². The molecule has 1 heterocycles. The van der Waals surface area contributed by atoms with Gasteiger partial charge in [-0.3, -0.25) is 4.79 Å². The summed E-state index contributed by atoms with van der Waals surface area (Å²) in [4.78, 5) is 13.1. The molecule has 0 spiro atoms. The molecule has 2 rings (SSSR count). The molecule has 1 aromatic carbocycles. The zero-order valence-corrected chi connectivity index (χ0v) is 10.0. The highest BCUT2D eigenvalue weighted by atomic mass is 35.5. The van der Waals surface area contributed by atoms with Crippen LogP contribution in [0.2, 0.25) is 10.0 Å². The number of alkyl halides is 1. The Kier molecular flexibility index (Phi) is 3.10. The zero-order valence-electron chi connectivity index (χ0n) is 7.77. The summed E-state index contributed by atoms with van der Waals surface area (Å²) >= 11 is 17.5. The van der Waals surface area contributed by atoms with Gasteiger partial charge in [0.2, 0.25) is 5.91 Å². The van der Waals surface area contributed by atoms with Crippen LogP contribution in [-0.2, 0) is 11.2 Å². The summed E-state index contributed by atoms with van der Waals surface area (Å²) in [7, 11) is 0. The molecule has 0 aromatic heterocycles. The normalized spacial score (nSPS) is 14.2. The lowest BCUT2D eigenvalue weighted by Crippen LogP contribution is -2.29. The molecule has 1 aliphatic rings. The predicted octanol–water partition coefficient (Wildman–Crippen LogP) is 3.12. The van der Waals surface area contributed by atoms with E-state index in [1.165, 1.54) is 0 Å². The molecule has 0 saturated heterocycles. The number of amides is 1. The molecular formula is C10H8Cl3NO. The predicted molar refractivity (Wildman–Crippen MR) is 63.2 cm³/mol. The van der Waals surface area contributed by atoms with E-state index in [4.69, 9.17) is 34.8 Å². The second-order valence-corrected chi connectivity index (χ2v) is 4.34. The molecule has 2 nitrogen and oxygen atoms in total. The van der Waals surface area contributed by atoms with E-state index in [1.54, 1.807) is 17.0 Å². The van der Waals surface area contributed by atoms with Crippen LogP contribution in [0.3, 0.4) is 0 Å². The molecule has 0 fully saturated rings. The minimum atomic E-state index is -0.103. The van der Waals surface area contributed by atoms with Gasteiger partial charge >= 0.3 is 0 Å². The average Bonchev–Trinajstić information content (AvgIpc) is 2.66. The Bertz CT molecular complexity index is 419. The molecule has 0 unspecified atom stereocenters. The molecular weight excluding hydrogens is 256 g/mol. The number of carbonyl (C=O) groups is 1. The summed E-state index contributed by atoms with van der Waals surface area (Å²) in [5.74, 6) is -0.117. The fraction of sp³-hybridized carbons (Fsp3) is 0.300. The van der Waals surface area contributed by atoms with Crippen molar-refractivity contribution in [2.24, 2.45) is 0 Å². The van der Waals surface area contributed by atoms with Crippen LogP contribution in [0.25, 0.3) is 0 Å². The molecule has 0 saturated carbocycles. The average molecular weight is 265 g/mol. The van der Waals surface area contributed by atoms with Crippen LogP contribution in [0.5, 0.6) is 0 Å². The summed E-state index contributed by atoms with van der Waals surface area (Å²) in [5, 5.41) is 1.06. The van der Waals surface area contributed by atoms with Crippen molar-refractivity contribution < 1.29 is 4.79 Å². The molecule has 0 radical (unpaired) electrons. The lowest BCUT2D eigenvalue weighted by Gasteiger charge is -2.15. The molecule has 0 N–H and O–H groups in total. The maximum Gasteiger partial charge on any atom is 0.241 e. The van der Waals surface area contributed by atoms with Gasteiger partial charge in [0, 0.05) is 12.2 Å². The Morgan fingerprint density at radius 2 is 2.13 bits per heavy atom. The van der Waals surface area contributed by atoms with E-state index in [0.29, 0.717) is 16.6 Å². The highest BCUT2D eigenvalue weighted by Gasteiger charge is 2.26. The summed E-state index contributed by atoms with van der Waals surface area (Å²) < 4.78 is 0. The van der Waals surface area contributed by atoms with Gasteiger partial charge in [0.15, 0.2) is 0 Å². The van der Waals surface area contributed by atoms with Crippen molar-refractivity contribution in [3.05, 3.63) is 27.7 Å². The Balaban J connectivity index is 2.44. The summed E-state index contributed by atoms with van der Waals surface area (Å²) in [6.45, 7) is 0.626. The standard InChI is InChI=1S/C10H8Cl3NO/c11-5-9(15)14-4-3-6-8(14)2-1-7(12)10(6)13/h1-2H,3-5H2. The number of carbonyl (C=O) groups excluding carboxylic acids is 1. The van der Waals surface area contributed by atoms with E-state index in [2.05, 4.69) is 0 Å². The van der Waals surface area contributed by atoms with Crippen molar-refractivity contribution in [1.82, 2.24) is 0 Å². The highest BCUT2D eigenvalue weighted by molar-refractivity contribution is 6.43. The van der Waals surface area contributed by atoms with Gasteiger partial charge in [-0.1, -0.05) is 23.2 Å². The van der Waals surface area contributed by atoms with Crippen LogP contribution in [-0.4, -0.2) is 18.3 Å². The van der Waals surface area contributed by atoms with Gasteiger partial charge in [-0.05, 0) is 24.1 Å². The number of fused-ring (bicyclic) bond motifs is 1. The number of hydrogen-bond donors (Lipinski definition) is 0. The molecule has 1 aromatic rings. The Labute approximate surface area is 103 Å². The maximum absolute atomic E-state index is 11.5. The second kappa shape index (κ2) is 4.20. The smallest absolute Gasteiger partial charge is 0.241 e. The van der Waals surface area contributed by atoms with Crippen molar-refractivity contribution in [3.8, 4) is 0 Å². The maximum atomic E-state index is 11.5. The quantitative estimate of drug-likeness (QED) is 0.714. The van der Waals surface area contributed by atoms with Crippen molar-refractivity contribution in [2.45, 2.75) is 6.42 Å². The molecule has 80 valence electrons. The van der Waals surface area contributed by atoms with E-state index in [-0.39, 0.29) is 11.8 Å². The van der Waals surface area contributed by atoms with E-state index in [9.17, 15) is 4.79 Å². The summed E-state index contributed by atoms with van der Waals surface area (Å²) in [5.41, 5.74) is 1.76. The lowest BCUT2D eigenvalue weighted by atomic mass is 10.2. The number of nitrogens with zero attached hydrogens (tertiary/aromatic N) is 1. The Hall–Kier alpha value is -0.440. The number of benzene rings is 1. The first kappa shape index (κ1) is 11.1. The van der Waals surface area contributed by atoms with E-state index in [0.717, 1.165) is 17.7 Å². The number of hydrogen-bond acceptors (Lipinski definition) is 1.